The maximum atomic E-state index is 13.0. The number of nitrogens with zero attached hydrogens (tertiary/aromatic N) is 2. The summed E-state index contributed by atoms with van der Waals surface area (Å²) in [6.07, 6.45) is 2.89. The number of unbranched alkanes of at least 4 members (excludes halogenated alkanes) is 1. The molecule has 28 heavy (non-hydrogen) atoms. The van der Waals surface area contributed by atoms with Gasteiger partial charge in [-0.3, -0.25) is 0 Å². The van der Waals surface area contributed by atoms with Gasteiger partial charge in [-0.15, -0.1) is 0 Å². The van der Waals surface area contributed by atoms with Crippen molar-refractivity contribution >= 4 is 17.5 Å². The number of likely N-dealkylation sites (N-methyl/N-ethyl adjacent to an activating group) is 1. The average Bonchev–Trinajstić information content (AvgIpc) is 2.70. The van der Waals surface area contributed by atoms with Gasteiger partial charge in [0.2, 0.25) is 5.95 Å². The quantitative estimate of drug-likeness (QED) is 0.313. The summed E-state index contributed by atoms with van der Waals surface area (Å²) in [5.74, 6) is 6.94. The van der Waals surface area contributed by atoms with Crippen molar-refractivity contribution in [1.82, 2.24) is 20.6 Å². The molecule has 2 aromatic rings. The molecule has 8 heteroatoms. The molecule has 1 aromatic carbocycles. The molecule has 7 nitrogen and oxygen atoms in total. The minimum atomic E-state index is -0.381. The molecule has 0 fully saturated rings. The number of benzene rings is 1. The number of aromatic nitrogens is 2. The molecule has 0 aliphatic carbocycles. The van der Waals surface area contributed by atoms with Gasteiger partial charge in [-0.25, -0.2) is 9.37 Å². The van der Waals surface area contributed by atoms with Crippen molar-refractivity contribution in [2.75, 3.05) is 44.4 Å². The fraction of sp³-hybridized carbons (Fsp3) is 0.400. The van der Waals surface area contributed by atoms with Crippen LogP contribution in [-0.4, -0.2) is 54.9 Å². The van der Waals surface area contributed by atoms with Crippen molar-refractivity contribution in [3.63, 3.8) is 0 Å². The number of hydrogen-bond acceptors (Lipinski definition) is 7. The molecular formula is C20H27FN6O. The monoisotopic (exact) mass is 386 g/mol. The normalized spacial score (nSPS) is 11.4. The predicted molar refractivity (Wildman–Crippen MR) is 110 cm³/mol. The Morgan fingerprint density at radius 3 is 2.68 bits per heavy atom. The lowest BCUT2D eigenvalue weighted by molar-refractivity contribution is 0.171. The van der Waals surface area contributed by atoms with Gasteiger partial charge in [-0.1, -0.05) is 11.8 Å². The Morgan fingerprint density at radius 1 is 1.18 bits per heavy atom. The number of nitrogens with one attached hydrogen (secondary N) is 4. The highest BCUT2D eigenvalue weighted by atomic mass is 19.1. The maximum Gasteiger partial charge on any atom is 0.229 e. The van der Waals surface area contributed by atoms with Gasteiger partial charge in [0.05, 0.1) is 17.9 Å². The number of aliphatic hydroxyl groups excluding tert-OH is 1. The van der Waals surface area contributed by atoms with Crippen molar-refractivity contribution in [3.8, 4) is 11.8 Å². The first kappa shape index (κ1) is 21.6. The third-order valence-electron chi connectivity index (χ3n) is 3.82. The topological polar surface area (TPSA) is 94.1 Å². The number of halogens is 1. The van der Waals surface area contributed by atoms with Crippen LogP contribution in [0.1, 0.15) is 18.4 Å². The second-order valence-corrected chi connectivity index (χ2v) is 6.16. The summed E-state index contributed by atoms with van der Waals surface area (Å²) in [7, 11) is 3.59. The van der Waals surface area contributed by atoms with E-state index < -0.39 is 0 Å². The van der Waals surface area contributed by atoms with Crippen molar-refractivity contribution in [1.29, 1.82) is 0 Å². The smallest absolute Gasteiger partial charge is 0.229 e. The molecule has 0 amide bonds. The van der Waals surface area contributed by atoms with E-state index in [9.17, 15) is 9.50 Å². The Kier molecular flexibility index (Phi) is 9.15. The molecule has 0 saturated heterocycles. The Bertz CT molecular complexity index is 788. The highest BCUT2D eigenvalue weighted by molar-refractivity contribution is 5.59. The van der Waals surface area contributed by atoms with Crippen LogP contribution in [0.4, 0.5) is 21.8 Å². The summed E-state index contributed by atoms with van der Waals surface area (Å²) < 4.78 is 13.0. The Labute approximate surface area is 165 Å². The van der Waals surface area contributed by atoms with Crippen molar-refractivity contribution < 1.29 is 9.50 Å². The first-order valence-corrected chi connectivity index (χ1v) is 9.22. The van der Waals surface area contributed by atoms with E-state index in [-0.39, 0.29) is 11.9 Å². The predicted octanol–water partition coefficient (Wildman–Crippen LogP) is 1.70. The molecule has 0 unspecified atom stereocenters. The van der Waals surface area contributed by atoms with E-state index in [1.165, 1.54) is 12.1 Å². The van der Waals surface area contributed by atoms with Gasteiger partial charge in [0.15, 0.2) is 0 Å². The molecule has 0 bridgehead atoms. The van der Waals surface area contributed by atoms with E-state index in [1.807, 2.05) is 7.05 Å². The zero-order valence-electron chi connectivity index (χ0n) is 16.2. The minimum Gasteiger partial charge on any atom is -0.390 e. The molecular weight excluding hydrogens is 359 g/mol. The molecule has 5 N–H and O–H groups in total. The largest absolute Gasteiger partial charge is 0.390 e. The average molecular weight is 386 g/mol. The van der Waals surface area contributed by atoms with Crippen LogP contribution in [0.15, 0.2) is 30.5 Å². The van der Waals surface area contributed by atoms with E-state index >= 15 is 0 Å². The molecule has 0 saturated carbocycles. The summed E-state index contributed by atoms with van der Waals surface area (Å²) in [6, 6.07) is 5.99. The molecule has 150 valence electrons. The standard InChI is InChI=1S/C20H27FN6O/c1-22-13-18(28)14-24-11-5-3-4-6-15-12-25-20(27-19(15)23-2)26-17-9-7-16(21)8-10-17/h7-10,12,18,22,24,28H,3,5,11,13-14H2,1-2H3,(H2,23,25,26,27)/t18-/m0/s1. The lowest BCUT2D eigenvalue weighted by Crippen LogP contribution is -2.34. The summed E-state index contributed by atoms with van der Waals surface area (Å²) in [4.78, 5) is 8.66. The zero-order valence-corrected chi connectivity index (χ0v) is 16.2. The van der Waals surface area contributed by atoms with Gasteiger partial charge in [0.25, 0.3) is 0 Å². The second kappa shape index (κ2) is 11.9. The molecule has 1 aromatic heterocycles. The molecule has 1 atom stereocenters. The van der Waals surface area contributed by atoms with Crippen LogP contribution in [0.5, 0.6) is 0 Å². The highest BCUT2D eigenvalue weighted by Crippen LogP contribution is 2.17. The number of rotatable bonds is 10. The third kappa shape index (κ3) is 7.48. The molecule has 0 aliphatic heterocycles. The maximum absolute atomic E-state index is 13.0. The highest BCUT2D eigenvalue weighted by Gasteiger charge is 2.05. The minimum absolute atomic E-state index is 0.294. The lowest BCUT2D eigenvalue weighted by atomic mass is 10.2. The molecule has 0 aliphatic rings. The Hall–Kier alpha value is -2.73. The fourth-order valence-corrected chi connectivity index (χ4v) is 2.42. The fourth-order valence-electron chi connectivity index (χ4n) is 2.42. The van der Waals surface area contributed by atoms with Crippen molar-refractivity contribution in [3.05, 3.63) is 41.8 Å². The van der Waals surface area contributed by atoms with Crippen LogP contribution in [-0.2, 0) is 0 Å². The van der Waals surface area contributed by atoms with Crippen LogP contribution in [0, 0.1) is 17.7 Å². The van der Waals surface area contributed by atoms with E-state index in [2.05, 4.69) is 43.1 Å². The van der Waals surface area contributed by atoms with Gasteiger partial charge in [-0.05, 0) is 44.3 Å². The Morgan fingerprint density at radius 2 is 1.96 bits per heavy atom. The first-order chi connectivity index (χ1) is 13.6. The summed E-state index contributed by atoms with van der Waals surface area (Å²) >= 11 is 0. The van der Waals surface area contributed by atoms with E-state index in [1.54, 1.807) is 25.4 Å². The second-order valence-electron chi connectivity index (χ2n) is 6.16. The van der Waals surface area contributed by atoms with Crippen LogP contribution in [0.2, 0.25) is 0 Å². The van der Waals surface area contributed by atoms with E-state index in [0.29, 0.717) is 36.1 Å². The SMILES string of the molecule is CNC[C@H](O)CNCCCC#Cc1cnc(Nc2ccc(F)cc2)nc1NC. The van der Waals surface area contributed by atoms with Gasteiger partial charge in [-0.2, -0.15) is 4.98 Å². The van der Waals surface area contributed by atoms with Crippen molar-refractivity contribution in [2.24, 2.45) is 0 Å². The van der Waals surface area contributed by atoms with Crippen LogP contribution in [0.25, 0.3) is 0 Å². The van der Waals surface area contributed by atoms with Gasteiger partial charge in [0, 0.05) is 32.2 Å². The zero-order chi connectivity index (χ0) is 20.2. The Balaban J connectivity index is 1.84. The van der Waals surface area contributed by atoms with E-state index in [0.717, 1.165) is 19.4 Å². The number of aliphatic hydroxyl groups is 1. The molecule has 1 heterocycles. The van der Waals surface area contributed by atoms with Crippen LogP contribution < -0.4 is 21.3 Å². The van der Waals surface area contributed by atoms with Gasteiger partial charge < -0.3 is 26.4 Å². The van der Waals surface area contributed by atoms with Gasteiger partial charge >= 0.3 is 0 Å². The molecule has 0 spiro atoms. The number of anilines is 3. The molecule has 0 radical (unpaired) electrons. The summed E-state index contributed by atoms with van der Waals surface area (Å²) in [5.41, 5.74) is 1.42. The molecule has 2 rings (SSSR count). The van der Waals surface area contributed by atoms with Crippen LogP contribution in [0.3, 0.4) is 0 Å². The summed E-state index contributed by atoms with van der Waals surface area (Å²) in [6.45, 7) is 1.94. The van der Waals surface area contributed by atoms with Crippen LogP contribution >= 0.6 is 0 Å². The van der Waals surface area contributed by atoms with Gasteiger partial charge in [0.1, 0.15) is 11.6 Å². The third-order valence-corrected chi connectivity index (χ3v) is 3.82. The summed E-state index contributed by atoms with van der Waals surface area (Å²) in [5, 5.41) is 21.8. The number of hydrogen-bond donors (Lipinski definition) is 5. The van der Waals surface area contributed by atoms with E-state index in [4.69, 9.17) is 0 Å². The first-order valence-electron chi connectivity index (χ1n) is 9.22. The lowest BCUT2D eigenvalue weighted by Gasteiger charge is -2.10. The van der Waals surface area contributed by atoms with Crippen molar-refractivity contribution in [2.45, 2.75) is 18.9 Å².